The van der Waals surface area contributed by atoms with Crippen LogP contribution in [0.2, 0.25) is 5.02 Å². The minimum absolute atomic E-state index is 0.0639. The van der Waals surface area contributed by atoms with Crippen LogP contribution in [-0.2, 0) is 4.79 Å². The molecule has 1 amide bonds. The monoisotopic (exact) mass is 312 g/mol. The lowest BCUT2D eigenvalue weighted by molar-refractivity contribution is -0.125. The van der Waals surface area contributed by atoms with Crippen LogP contribution in [0.25, 0.3) is 0 Å². The van der Waals surface area contributed by atoms with E-state index in [0.29, 0.717) is 12.2 Å². The van der Waals surface area contributed by atoms with Crippen LogP contribution >= 0.6 is 11.6 Å². The molecule has 0 aliphatic carbocycles. The number of piperidine rings is 1. The molecule has 0 aromatic carbocycles. The Morgan fingerprint density at radius 1 is 1.62 bits per heavy atom. The fourth-order valence-corrected chi connectivity index (χ4v) is 2.75. The average molecular weight is 313 g/mol. The molecule has 6 nitrogen and oxygen atoms in total. The molecular weight excluding hydrogens is 292 g/mol. The molecule has 1 saturated heterocycles. The lowest BCUT2D eigenvalue weighted by Crippen LogP contribution is -2.43. The van der Waals surface area contributed by atoms with E-state index in [1.165, 1.54) is 0 Å². The summed E-state index contributed by atoms with van der Waals surface area (Å²) < 4.78 is 0. The molecule has 7 heteroatoms. The van der Waals surface area contributed by atoms with Crippen molar-refractivity contribution in [2.75, 3.05) is 24.5 Å². The maximum absolute atomic E-state index is 12.1. The predicted molar refractivity (Wildman–Crippen MR) is 82.7 cm³/mol. The van der Waals surface area contributed by atoms with Crippen LogP contribution in [-0.4, -0.2) is 35.7 Å². The van der Waals surface area contributed by atoms with Gasteiger partial charge in [0.05, 0.1) is 17.8 Å². The third kappa shape index (κ3) is 3.97. The standard InChI is InChI=1S/C14H21ClN4O2/c1-2-3-6-16-13(20)10-5-4-7-19(9-10)11-8-17-18-14(21)12(11)15/h8,10H,2-7,9H2,1H3,(H,16,20)(H,18,21). The first kappa shape index (κ1) is 15.8. The molecule has 1 aromatic heterocycles. The number of nitrogens with one attached hydrogen (secondary N) is 2. The number of anilines is 1. The van der Waals surface area contributed by atoms with Gasteiger partial charge in [0, 0.05) is 19.6 Å². The van der Waals surface area contributed by atoms with Gasteiger partial charge in [0.25, 0.3) is 5.56 Å². The Kier molecular flexibility index (Phi) is 5.61. The molecular formula is C14H21ClN4O2. The van der Waals surface area contributed by atoms with Crippen molar-refractivity contribution in [3.63, 3.8) is 0 Å². The highest BCUT2D eigenvalue weighted by molar-refractivity contribution is 6.33. The lowest BCUT2D eigenvalue weighted by Gasteiger charge is -2.33. The summed E-state index contributed by atoms with van der Waals surface area (Å²) in [5.74, 6) is 0.0213. The number of carbonyl (C=O) groups is 1. The van der Waals surface area contributed by atoms with Crippen LogP contribution in [0, 0.1) is 5.92 Å². The van der Waals surface area contributed by atoms with Crippen LogP contribution in [0.5, 0.6) is 0 Å². The molecule has 1 aromatic rings. The van der Waals surface area contributed by atoms with Crippen molar-refractivity contribution in [1.29, 1.82) is 0 Å². The molecule has 0 saturated carbocycles. The molecule has 2 heterocycles. The molecule has 2 rings (SSSR count). The van der Waals surface area contributed by atoms with Crippen molar-refractivity contribution < 1.29 is 4.79 Å². The largest absolute Gasteiger partial charge is 0.368 e. The highest BCUT2D eigenvalue weighted by atomic mass is 35.5. The number of aromatic amines is 1. The van der Waals surface area contributed by atoms with E-state index in [0.717, 1.165) is 38.8 Å². The quantitative estimate of drug-likeness (QED) is 0.809. The Labute approximate surface area is 128 Å². The number of hydrogen-bond acceptors (Lipinski definition) is 4. The average Bonchev–Trinajstić information content (AvgIpc) is 2.50. The van der Waals surface area contributed by atoms with E-state index in [2.05, 4.69) is 22.4 Å². The Hall–Kier alpha value is -1.56. The molecule has 1 atom stereocenters. The minimum atomic E-state index is -0.399. The third-order valence-electron chi connectivity index (χ3n) is 3.74. The SMILES string of the molecule is CCCCNC(=O)C1CCCN(c2cn[nH]c(=O)c2Cl)C1. The number of halogens is 1. The van der Waals surface area contributed by atoms with Gasteiger partial charge in [0.1, 0.15) is 5.02 Å². The van der Waals surface area contributed by atoms with Crippen LogP contribution in [0.4, 0.5) is 5.69 Å². The number of carbonyl (C=O) groups excluding carboxylic acids is 1. The van der Waals surface area contributed by atoms with Crippen LogP contribution in [0.1, 0.15) is 32.6 Å². The van der Waals surface area contributed by atoms with Gasteiger partial charge < -0.3 is 10.2 Å². The van der Waals surface area contributed by atoms with Crippen LogP contribution < -0.4 is 15.8 Å². The van der Waals surface area contributed by atoms with E-state index < -0.39 is 5.56 Å². The second kappa shape index (κ2) is 7.45. The fourth-order valence-electron chi connectivity index (χ4n) is 2.54. The highest BCUT2D eigenvalue weighted by Gasteiger charge is 2.27. The number of unbranched alkanes of at least 4 members (excludes halogenated alkanes) is 1. The summed E-state index contributed by atoms with van der Waals surface area (Å²) in [5.41, 5.74) is 0.204. The molecule has 116 valence electrons. The Morgan fingerprint density at radius 3 is 3.19 bits per heavy atom. The number of aromatic nitrogens is 2. The van der Waals surface area contributed by atoms with Gasteiger partial charge in [-0.05, 0) is 19.3 Å². The summed E-state index contributed by atoms with van der Waals surface area (Å²) in [7, 11) is 0. The maximum atomic E-state index is 12.1. The van der Waals surface area contributed by atoms with Gasteiger partial charge in [0.2, 0.25) is 5.91 Å². The van der Waals surface area contributed by atoms with E-state index >= 15 is 0 Å². The third-order valence-corrected chi connectivity index (χ3v) is 4.10. The van der Waals surface area contributed by atoms with E-state index in [4.69, 9.17) is 11.6 Å². The molecule has 2 N–H and O–H groups in total. The fraction of sp³-hybridized carbons (Fsp3) is 0.643. The summed E-state index contributed by atoms with van der Waals surface area (Å²) in [4.78, 5) is 25.6. The number of H-pyrrole nitrogens is 1. The molecule has 1 unspecified atom stereocenters. The van der Waals surface area contributed by atoms with Gasteiger partial charge in [-0.3, -0.25) is 9.59 Å². The van der Waals surface area contributed by atoms with Gasteiger partial charge in [-0.1, -0.05) is 24.9 Å². The Bertz CT molecular complexity index is 546. The van der Waals surface area contributed by atoms with Crippen molar-refractivity contribution in [3.8, 4) is 0 Å². The van der Waals surface area contributed by atoms with Crippen LogP contribution in [0.3, 0.4) is 0 Å². The second-order valence-electron chi connectivity index (χ2n) is 5.33. The topological polar surface area (TPSA) is 78.1 Å². The summed E-state index contributed by atoms with van der Waals surface area (Å²) in [6.07, 6.45) is 5.36. The van der Waals surface area contributed by atoms with E-state index in [1.807, 2.05) is 4.90 Å². The zero-order valence-corrected chi connectivity index (χ0v) is 12.9. The Morgan fingerprint density at radius 2 is 2.43 bits per heavy atom. The molecule has 1 aliphatic heterocycles. The van der Waals surface area contributed by atoms with Crippen molar-refractivity contribution in [1.82, 2.24) is 15.5 Å². The second-order valence-corrected chi connectivity index (χ2v) is 5.71. The molecule has 0 spiro atoms. The molecule has 1 fully saturated rings. The number of nitrogens with zero attached hydrogens (tertiary/aromatic N) is 2. The first-order valence-electron chi connectivity index (χ1n) is 7.39. The first-order valence-corrected chi connectivity index (χ1v) is 7.77. The highest BCUT2D eigenvalue weighted by Crippen LogP contribution is 2.26. The van der Waals surface area contributed by atoms with E-state index in [1.54, 1.807) is 6.20 Å². The number of rotatable bonds is 5. The zero-order valence-electron chi connectivity index (χ0n) is 12.2. The van der Waals surface area contributed by atoms with Crippen molar-refractivity contribution in [2.45, 2.75) is 32.6 Å². The lowest BCUT2D eigenvalue weighted by atomic mass is 9.96. The summed E-state index contributed by atoms with van der Waals surface area (Å²) in [5, 5.41) is 9.20. The molecule has 21 heavy (non-hydrogen) atoms. The summed E-state index contributed by atoms with van der Waals surface area (Å²) in [6, 6.07) is 0. The minimum Gasteiger partial charge on any atom is -0.368 e. The smallest absolute Gasteiger partial charge is 0.285 e. The van der Waals surface area contributed by atoms with Gasteiger partial charge in [-0.15, -0.1) is 0 Å². The van der Waals surface area contributed by atoms with E-state index in [9.17, 15) is 9.59 Å². The van der Waals surface area contributed by atoms with E-state index in [-0.39, 0.29) is 16.8 Å². The molecule has 0 bridgehead atoms. The maximum Gasteiger partial charge on any atom is 0.285 e. The first-order chi connectivity index (χ1) is 10.1. The van der Waals surface area contributed by atoms with Gasteiger partial charge >= 0.3 is 0 Å². The summed E-state index contributed by atoms with van der Waals surface area (Å²) in [6.45, 7) is 4.17. The van der Waals surface area contributed by atoms with Gasteiger partial charge in [-0.25, -0.2) is 5.10 Å². The van der Waals surface area contributed by atoms with Crippen molar-refractivity contribution in [3.05, 3.63) is 21.6 Å². The van der Waals surface area contributed by atoms with Crippen molar-refractivity contribution in [2.24, 2.45) is 5.92 Å². The van der Waals surface area contributed by atoms with Crippen LogP contribution in [0.15, 0.2) is 11.0 Å². The predicted octanol–water partition coefficient (Wildman–Crippen LogP) is 1.56. The number of hydrogen-bond donors (Lipinski definition) is 2. The molecule has 1 aliphatic rings. The zero-order chi connectivity index (χ0) is 15.2. The molecule has 0 radical (unpaired) electrons. The number of amides is 1. The Balaban J connectivity index is 2.02. The normalized spacial score (nSPS) is 18.6. The van der Waals surface area contributed by atoms with Crippen molar-refractivity contribution >= 4 is 23.2 Å². The summed E-state index contributed by atoms with van der Waals surface area (Å²) >= 11 is 6.03. The van der Waals surface area contributed by atoms with Gasteiger partial charge in [0.15, 0.2) is 0 Å². The van der Waals surface area contributed by atoms with Gasteiger partial charge in [-0.2, -0.15) is 5.10 Å².